The van der Waals surface area contributed by atoms with Crippen molar-refractivity contribution in [3.8, 4) is 6.07 Å². The van der Waals surface area contributed by atoms with Crippen molar-refractivity contribution in [2.24, 2.45) is 13.0 Å². The molecule has 0 radical (unpaired) electrons. The maximum Gasteiger partial charge on any atom is 0.407 e. The molecule has 2 N–H and O–H groups in total. The second-order valence-corrected chi connectivity index (χ2v) is 9.83. The molecule has 1 unspecified atom stereocenters. The van der Waals surface area contributed by atoms with E-state index in [0.29, 0.717) is 30.1 Å². The molecule has 4 rings (SSSR count). The molecule has 0 saturated heterocycles. The molecule has 0 aromatic carbocycles. The highest BCUT2D eigenvalue weighted by Gasteiger charge is 2.27. The molecule has 1 atom stereocenters. The molecule has 0 aliphatic heterocycles. The zero-order valence-electron chi connectivity index (χ0n) is 18.0. The van der Waals surface area contributed by atoms with Crippen LogP contribution in [0, 0.1) is 17.2 Å². The summed E-state index contributed by atoms with van der Waals surface area (Å²) in [5.41, 5.74) is 2.44. The van der Waals surface area contributed by atoms with Crippen molar-refractivity contribution in [3.63, 3.8) is 0 Å². The predicted octanol–water partition coefficient (Wildman–Crippen LogP) is 4.10. The van der Waals surface area contributed by atoms with Gasteiger partial charge in [0.05, 0.1) is 18.4 Å². The summed E-state index contributed by atoms with van der Waals surface area (Å²) in [5.74, 6) is -0.0854. The number of nitrogens with one attached hydrogen (secondary N) is 2. The summed E-state index contributed by atoms with van der Waals surface area (Å²) in [6, 6.07) is 6.10. The Kier molecular flexibility index (Phi) is 7.22. The van der Waals surface area contributed by atoms with E-state index in [9.17, 15) is 14.9 Å². The van der Waals surface area contributed by atoms with Crippen molar-refractivity contribution >= 4 is 45.8 Å². The van der Waals surface area contributed by atoms with E-state index >= 15 is 0 Å². The molecule has 0 saturated carbocycles. The minimum atomic E-state index is -0.459. The Bertz CT molecular complexity index is 1200. The number of nitrogens with zero attached hydrogens (tertiary/aromatic N) is 3. The SMILES string of the molecule is Cn1cc(CNC(=O)OCC2CCc3c(sc(NC(=O)/C=C/c4cccs4)c3C#N)C2)cn1. The molecule has 3 aromatic heterocycles. The van der Waals surface area contributed by atoms with Crippen molar-refractivity contribution in [2.75, 3.05) is 11.9 Å². The topological polar surface area (TPSA) is 109 Å². The highest BCUT2D eigenvalue weighted by Crippen LogP contribution is 2.39. The number of rotatable bonds is 7. The lowest BCUT2D eigenvalue weighted by Crippen LogP contribution is -2.27. The molecule has 2 amide bonds. The largest absolute Gasteiger partial charge is 0.449 e. The average Bonchev–Trinajstić information content (AvgIpc) is 3.54. The third-order valence-corrected chi connectivity index (χ3v) is 7.31. The summed E-state index contributed by atoms with van der Waals surface area (Å²) in [4.78, 5) is 26.4. The van der Waals surface area contributed by atoms with E-state index in [1.54, 1.807) is 28.3 Å². The maximum atomic E-state index is 12.3. The second kappa shape index (κ2) is 10.5. The van der Waals surface area contributed by atoms with Crippen molar-refractivity contribution in [3.05, 3.63) is 62.4 Å². The number of fused-ring (bicyclic) bond motifs is 1. The van der Waals surface area contributed by atoms with Crippen LogP contribution >= 0.6 is 22.7 Å². The Morgan fingerprint density at radius 2 is 2.33 bits per heavy atom. The van der Waals surface area contributed by atoms with Gasteiger partial charge in [0.25, 0.3) is 0 Å². The first-order valence-corrected chi connectivity index (χ1v) is 12.2. The lowest BCUT2D eigenvalue weighted by molar-refractivity contribution is -0.111. The molecule has 33 heavy (non-hydrogen) atoms. The van der Waals surface area contributed by atoms with Crippen LogP contribution in [0.3, 0.4) is 0 Å². The monoisotopic (exact) mass is 481 g/mol. The highest BCUT2D eigenvalue weighted by atomic mass is 32.1. The van der Waals surface area contributed by atoms with Crippen LogP contribution in [0.15, 0.2) is 36.0 Å². The van der Waals surface area contributed by atoms with Gasteiger partial charge < -0.3 is 15.4 Å². The third kappa shape index (κ3) is 5.88. The van der Waals surface area contributed by atoms with E-state index in [1.807, 2.05) is 30.8 Å². The Hall–Kier alpha value is -3.42. The molecule has 170 valence electrons. The van der Waals surface area contributed by atoms with E-state index < -0.39 is 6.09 Å². The number of amides is 2. The van der Waals surface area contributed by atoms with Gasteiger partial charge in [0.1, 0.15) is 11.1 Å². The molecule has 0 spiro atoms. The van der Waals surface area contributed by atoms with E-state index in [-0.39, 0.29) is 11.8 Å². The smallest absolute Gasteiger partial charge is 0.407 e. The summed E-state index contributed by atoms with van der Waals surface area (Å²) < 4.78 is 7.08. The summed E-state index contributed by atoms with van der Waals surface area (Å²) in [6.07, 6.45) is 8.56. The Morgan fingerprint density at radius 1 is 1.45 bits per heavy atom. The quantitative estimate of drug-likeness (QED) is 0.494. The van der Waals surface area contributed by atoms with Crippen molar-refractivity contribution in [1.29, 1.82) is 5.26 Å². The zero-order chi connectivity index (χ0) is 23.2. The molecule has 10 heteroatoms. The normalized spacial score (nSPS) is 15.1. The second-order valence-electron chi connectivity index (χ2n) is 7.74. The van der Waals surface area contributed by atoms with Crippen LogP contribution in [0.5, 0.6) is 0 Å². The number of hydrogen-bond donors (Lipinski definition) is 2. The Labute approximate surface area is 199 Å². The number of carbonyl (C=O) groups excluding carboxylic acids is 2. The van der Waals surface area contributed by atoms with Crippen LogP contribution < -0.4 is 10.6 Å². The Balaban J connectivity index is 1.31. The fourth-order valence-electron chi connectivity index (χ4n) is 3.68. The van der Waals surface area contributed by atoms with Crippen LogP contribution in [0.2, 0.25) is 0 Å². The van der Waals surface area contributed by atoms with Crippen LogP contribution in [-0.4, -0.2) is 28.4 Å². The highest BCUT2D eigenvalue weighted by molar-refractivity contribution is 7.16. The van der Waals surface area contributed by atoms with Crippen molar-refractivity contribution in [1.82, 2.24) is 15.1 Å². The molecular formula is C23H23N5O3S2. The lowest BCUT2D eigenvalue weighted by atomic mass is 9.88. The van der Waals surface area contributed by atoms with Gasteiger partial charge in [-0.15, -0.1) is 22.7 Å². The van der Waals surface area contributed by atoms with Gasteiger partial charge in [-0.3, -0.25) is 9.48 Å². The Morgan fingerprint density at radius 3 is 3.06 bits per heavy atom. The van der Waals surface area contributed by atoms with Crippen LogP contribution in [-0.2, 0) is 36.0 Å². The first-order valence-electron chi connectivity index (χ1n) is 10.5. The summed E-state index contributed by atoms with van der Waals surface area (Å²) >= 11 is 2.98. The molecule has 1 aliphatic rings. The van der Waals surface area contributed by atoms with Gasteiger partial charge in [-0.1, -0.05) is 6.07 Å². The summed E-state index contributed by atoms with van der Waals surface area (Å²) in [5, 5.41) is 21.8. The van der Waals surface area contributed by atoms with Gasteiger partial charge in [0, 0.05) is 41.2 Å². The average molecular weight is 482 g/mol. The van der Waals surface area contributed by atoms with Gasteiger partial charge in [-0.2, -0.15) is 10.4 Å². The first kappa shape index (κ1) is 22.8. The number of ether oxygens (including phenoxy) is 1. The van der Waals surface area contributed by atoms with Crippen LogP contribution in [0.1, 0.15) is 32.9 Å². The predicted molar refractivity (Wildman–Crippen MR) is 128 cm³/mol. The molecule has 8 nitrogen and oxygen atoms in total. The number of carbonyl (C=O) groups is 2. The fourth-order valence-corrected chi connectivity index (χ4v) is 5.62. The van der Waals surface area contributed by atoms with Crippen molar-refractivity contribution < 1.29 is 14.3 Å². The molecule has 1 aliphatic carbocycles. The first-order chi connectivity index (χ1) is 16.0. The fraction of sp³-hybridized carbons (Fsp3) is 0.304. The molecule has 3 aromatic rings. The molecule has 0 fully saturated rings. The summed E-state index contributed by atoms with van der Waals surface area (Å²) in [7, 11) is 1.82. The number of anilines is 1. The van der Waals surface area contributed by atoms with Gasteiger partial charge >= 0.3 is 6.09 Å². The van der Waals surface area contributed by atoms with Gasteiger partial charge in [-0.05, 0) is 48.3 Å². The molecular weight excluding hydrogens is 458 g/mol. The lowest BCUT2D eigenvalue weighted by Gasteiger charge is -2.21. The number of thiophene rings is 2. The standard InChI is InChI=1S/C23H23N5O3S2/c1-28-13-16(12-26-28)11-25-23(30)31-14-15-4-6-18-19(10-24)22(33-20(18)9-15)27-21(29)7-5-17-3-2-8-32-17/h2-3,5,7-8,12-13,15H,4,6,9,11,14H2,1H3,(H,25,30)(H,27,29)/b7-5+. The minimum absolute atomic E-state index is 0.175. The minimum Gasteiger partial charge on any atom is -0.449 e. The molecule has 3 heterocycles. The van der Waals surface area contributed by atoms with Crippen LogP contribution in [0.25, 0.3) is 6.08 Å². The van der Waals surface area contributed by atoms with Crippen molar-refractivity contribution in [2.45, 2.75) is 25.8 Å². The van der Waals surface area contributed by atoms with Crippen LogP contribution in [0.4, 0.5) is 9.80 Å². The van der Waals surface area contributed by atoms with E-state index in [0.717, 1.165) is 33.7 Å². The number of hydrogen-bond acceptors (Lipinski definition) is 7. The number of nitriles is 1. The van der Waals surface area contributed by atoms with E-state index in [4.69, 9.17) is 4.74 Å². The molecule has 0 bridgehead atoms. The number of aromatic nitrogens is 2. The van der Waals surface area contributed by atoms with Gasteiger partial charge in [0.2, 0.25) is 5.91 Å². The van der Waals surface area contributed by atoms with E-state index in [2.05, 4.69) is 21.8 Å². The third-order valence-electron chi connectivity index (χ3n) is 5.30. The maximum absolute atomic E-state index is 12.3. The van der Waals surface area contributed by atoms with E-state index in [1.165, 1.54) is 17.4 Å². The number of alkyl carbamates (subject to hydrolysis) is 1. The number of aryl methyl sites for hydroxylation is 1. The van der Waals surface area contributed by atoms with Gasteiger partial charge in [-0.25, -0.2) is 4.79 Å². The van der Waals surface area contributed by atoms with Gasteiger partial charge in [0.15, 0.2) is 0 Å². The summed E-state index contributed by atoms with van der Waals surface area (Å²) in [6.45, 7) is 0.672. The zero-order valence-corrected chi connectivity index (χ0v) is 19.7.